The smallest absolute Gasteiger partial charge is 0.337 e. The van der Waals surface area contributed by atoms with Gasteiger partial charge in [-0.2, -0.15) is 0 Å². The highest BCUT2D eigenvalue weighted by molar-refractivity contribution is 5.87. The number of rotatable bonds is 2. The molecule has 1 aromatic heterocycles. The quantitative estimate of drug-likeness (QED) is 0.789. The summed E-state index contributed by atoms with van der Waals surface area (Å²) in [4.78, 5) is 14.5. The van der Waals surface area contributed by atoms with E-state index in [9.17, 15) is 4.79 Å². The Bertz CT molecular complexity index is 278. The molecule has 0 aliphatic rings. The molecule has 0 fully saturated rings. The Morgan fingerprint density at radius 1 is 1.36 bits per heavy atom. The van der Waals surface area contributed by atoms with Gasteiger partial charge in [0.05, 0.1) is 5.56 Å². The van der Waals surface area contributed by atoms with Crippen molar-refractivity contribution in [3.8, 4) is 0 Å². The van der Waals surface area contributed by atoms with Gasteiger partial charge in [-0.25, -0.2) is 4.79 Å². The number of carbonyl (C=O) groups is 1. The van der Waals surface area contributed by atoms with Crippen LogP contribution in [-0.2, 0) is 0 Å². The monoisotopic (exact) mass is 195 g/mol. The largest absolute Gasteiger partial charge is 0.478 e. The molecule has 0 atom stereocenters. The Balaban J connectivity index is 0.000000791. The summed E-state index contributed by atoms with van der Waals surface area (Å²) < 4.78 is 0. The molecule has 3 nitrogen and oxygen atoms in total. The zero-order valence-electron chi connectivity index (χ0n) is 9.11. The van der Waals surface area contributed by atoms with Gasteiger partial charge in [0.15, 0.2) is 0 Å². The molecule has 0 aromatic carbocycles. The minimum atomic E-state index is -0.933. The van der Waals surface area contributed by atoms with E-state index in [1.807, 2.05) is 27.7 Å². The third-order valence-corrected chi connectivity index (χ3v) is 1.62. The lowest BCUT2D eigenvalue weighted by Crippen LogP contribution is -1.99. The molecule has 0 aliphatic heterocycles. The van der Waals surface area contributed by atoms with E-state index in [1.165, 1.54) is 6.20 Å². The maximum atomic E-state index is 10.4. The van der Waals surface area contributed by atoms with Crippen molar-refractivity contribution in [1.29, 1.82) is 0 Å². The molecular formula is C11H17NO2. The Hall–Kier alpha value is -1.38. The lowest BCUT2D eigenvalue weighted by atomic mass is 10.1. The second kappa shape index (κ2) is 6.13. The molecule has 3 heteroatoms. The van der Waals surface area contributed by atoms with Crippen LogP contribution in [0.25, 0.3) is 0 Å². The zero-order chi connectivity index (χ0) is 11.1. The van der Waals surface area contributed by atoms with E-state index >= 15 is 0 Å². The van der Waals surface area contributed by atoms with E-state index < -0.39 is 5.97 Å². The van der Waals surface area contributed by atoms with Crippen molar-refractivity contribution in [2.45, 2.75) is 33.6 Å². The maximum absolute atomic E-state index is 10.4. The Labute approximate surface area is 84.8 Å². The summed E-state index contributed by atoms with van der Waals surface area (Å²) in [5.41, 5.74) is 1.15. The van der Waals surface area contributed by atoms with Gasteiger partial charge >= 0.3 is 5.97 Å². The van der Waals surface area contributed by atoms with Crippen LogP contribution < -0.4 is 0 Å². The van der Waals surface area contributed by atoms with Gasteiger partial charge < -0.3 is 5.11 Å². The first-order valence-electron chi connectivity index (χ1n) is 4.80. The Kier molecular flexibility index (Phi) is 5.53. The number of hydrogen-bond acceptors (Lipinski definition) is 2. The number of carboxylic acids is 1. The van der Waals surface area contributed by atoms with Crippen molar-refractivity contribution in [2.24, 2.45) is 0 Å². The summed E-state index contributed by atoms with van der Waals surface area (Å²) in [6, 6.07) is 3.32. The number of aromatic nitrogens is 1. The van der Waals surface area contributed by atoms with Crippen molar-refractivity contribution >= 4 is 5.97 Å². The van der Waals surface area contributed by atoms with Crippen LogP contribution in [0.5, 0.6) is 0 Å². The number of nitrogens with zero attached hydrogens (tertiary/aromatic N) is 1. The third-order valence-electron chi connectivity index (χ3n) is 1.62. The second-order valence-corrected chi connectivity index (χ2v) is 2.93. The summed E-state index contributed by atoms with van der Waals surface area (Å²) in [5, 5.41) is 8.57. The molecule has 0 unspecified atom stereocenters. The van der Waals surface area contributed by atoms with Gasteiger partial charge in [-0.15, -0.1) is 0 Å². The van der Waals surface area contributed by atoms with Crippen LogP contribution in [-0.4, -0.2) is 16.1 Å². The van der Waals surface area contributed by atoms with Crippen molar-refractivity contribution in [3.63, 3.8) is 0 Å². The summed E-state index contributed by atoms with van der Waals surface area (Å²) in [5.74, 6) is -0.592. The molecule has 1 heterocycles. The van der Waals surface area contributed by atoms with Crippen LogP contribution in [0.1, 0.15) is 49.7 Å². The molecule has 78 valence electrons. The van der Waals surface area contributed by atoms with Gasteiger partial charge in [0.1, 0.15) is 0 Å². The lowest BCUT2D eigenvalue weighted by Gasteiger charge is -2.02. The fourth-order valence-corrected chi connectivity index (χ4v) is 0.873. The predicted octanol–water partition coefficient (Wildman–Crippen LogP) is 2.93. The first-order valence-corrected chi connectivity index (χ1v) is 4.80. The third kappa shape index (κ3) is 3.56. The van der Waals surface area contributed by atoms with Crippen LogP contribution in [0.3, 0.4) is 0 Å². The molecule has 1 aromatic rings. The maximum Gasteiger partial charge on any atom is 0.337 e. The molecule has 0 aliphatic carbocycles. The second-order valence-electron chi connectivity index (χ2n) is 2.93. The number of aromatic carboxylic acids is 1. The summed E-state index contributed by atoms with van der Waals surface area (Å²) >= 11 is 0. The summed E-state index contributed by atoms with van der Waals surface area (Å²) in [6.45, 7) is 8.03. The highest BCUT2D eigenvalue weighted by atomic mass is 16.4. The van der Waals surface area contributed by atoms with E-state index in [1.54, 1.807) is 12.1 Å². The molecule has 0 saturated carbocycles. The number of hydrogen-bond donors (Lipinski definition) is 1. The molecule has 0 spiro atoms. The van der Waals surface area contributed by atoms with Gasteiger partial charge in [-0.1, -0.05) is 27.7 Å². The minimum absolute atomic E-state index is 0.236. The van der Waals surface area contributed by atoms with Crippen LogP contribution in [0.4, 0.5) is 0 Å². The normalized spacial score (nSPS) is 9.21. The highest BCUT2D eigenvalue weighted by Crippen LogP contribution is 2.10. The lowest BCUT2D eigenvalue weighted by molar-refractivity contribution is 0.0696. The highest BCUT2D eigenvalue weighted by Gasteiger charge is 2.04. The molecular weight excluding hydrogens is 178 g/mol. The van der Waals surface area contributed by atoms with Gasteiger partial charge in [0.2, 0.25) is 0 Å². The fourth-order valence-electron chi connectivity index (χ4n) is 0.873. The molecule has 1 rings (SSSR count). The van der Waals surface area contributed by atoms with Crippen molar-refractivity contribution in [1.82, 2.24) is 4.98 Å². The summed E-state index contributed by atoms with van der Waals surface area (Å²) in [7, 11) is 0. The van der Waals surface area contributed by atoms with Crippen LogP contribution in [0.15, 0.2) is 18.3 Å². The molecule has 0 amide bonds. The molecule has 1 N–H and O–H groups in total. The zero-order valence-corrected chi connectivity index (χ0v) is 9.11. The predicted molar refractivity (Wildman–Crippen MR) is 56.6 cm³/mol. The molecule has 0 saturated heterocycles. The van der Waals surface area contributed by atoms with Crippen molar-refractivity contribution in [2.75, 3.05) is 0 Å². The van der Waals surface area contributed by atoms with Gasteiger partial charge in [0, 0.05) is 11.9 Å². The first kappa shape index (κ1) is 12.6. The van der Waals surface area contributed by atoms with E-state index in [-0.39, 0.29) is 5.56 Å². The summed E-state index contributed by atoms with van der Waals surface area (Å²) in [6.07, 6.45) is 1.39. The average molecular weight is 195 g/mol. The molecule has 0 radical (unpaired) electrons. The standard InChI is InChI=1S/C9H11NO2.C2H6/c1-6(2)8-4-3-7(5-10-8)9(11)12;1-2/h3-6H,1-2H3,(H,11,12);1-2H3. The van der Waals surface area contributed by atoms with Crippen LogP contribution in [0.2, 0.25) is 0 Å². The van der Waals surface area contributed by atoms with Gasteiger partial charge in [-0.3, -0.25) is 4.98 Å². The van der Waals surface area contributed by atoms with Crippen molar-refractivity contribution in [3.05, 3.63) is 29.6 Å². The minimum Gasteiger partial charge on any atom is -0.478 e. The van der Waals surface area contributed by atoms with Crippen LogP contribution in [0, 0.1) is 0 Å². The van der Waals surface area contributed by atoms with Crippen LogP contribution >= 0.6 is 0 Å². The fraction of sp³-hybridized carbons (Fsp3) is 0.455. The average Bonchev–Trinajstić information content (AvgIpc) is 2.21. The van der Waals surface area contributed by atoms with Gasteiger partial charge in [0.25, 0.3) is 0 Å². The SMILES string of the molecule is CC.CC(C)c1ccc(C(=O)O)cn1. The molecule has 0 bridgehead atoms. The van der Waals surface area contributed by atoms with Gasteiger partial charge in [-0.05, 0) is 18.1 Å². The number of carboxylic acid groups (broad SMARTS) is 1. The topological polar surface area (TPSA) is 50.2 Å². The molecule has 14 heavy (non-hydrogen) atoms. The Morgan fingerprint density at radius 3 is 2.21 bits per heavy atom. The first-order chi connectivity index (χ1) is 6.61. The Morgan fingerprint density at radius 2 is 1.93 bits per heavy atom. The van der Waals surface area contributed by atoms with E-state index in [2.05, 4.69) is 4.98 Å². The number of pyridine rings is 1. The van der Waals surface area contributed by atoms with E-state index in [0.29, 0.717) is 5.92 Å². The van der Waals surface area contributed by atoms with E-state index in [4.69, 9.17) is 5.11 Å². The van der Waals surface area contributed by atoms with E-state index in [0.717, 1.165) is 5.69 Å². The van der Waals surface area contributed by atoms with Crippen molar-refractivity contribution < 1.29 is 9.90 Å².